The third-order valence-corrected chi connectivity index (χ3v) is 7.65. The summed E-state index contributed by atoms with van der Waals surface area (Å²) in [7, 11) is -4.02. The van der Waals surface area contributed by atoms with Gasteiger partial charge in [-0.3, -0.25) is 34.6 Å². The molecule has 0 aliphatic heterocycles. The van der Waals surface area contributed by atoms with Crippen LogP contribution >= 0.6 is 0 Å². The minimum atomic E-state index is -4.02. The topological polar surface area (TPSA) is 166 Å². The summed E-state index contributed by atoms with van der Waals surface area (Å²) < 4.78 is 29.6. The zero-order valence-corrected chi connectivity index (χ0v) is 27.6. The van der Waals surface area contributed by atoms with Crippen LogP contribution in [-0.2, 0) is 19.7 Å². The van der Waals surface area contributed by atoms with Crippen LogP contribution in [0.1, 0.15) is 62.0 Å². The molecule has 2 atom stereocenters. The number of hydrogen-bond acceptors (Lipinski definition) is 7. The van der Waals surface area contributed by atoms with Gasteiger partial charge in [0.15, 0.2) is 0 Å². The summed E-state index contributed by atoms with van der Waals surface area (Å²) >= 11 is 0. The zero-order chi connectivity index (χ0) is 34.3. The Hall–Kier alpha value is -4.39. The number of nitrogens with one attached hydrogen (secondary N) is 2. The van der Waals surface area contributed by atoms with E-state index in [1.165, 1.54) is 29.5 Å². The molecular weight excluding hydrogens is 608 g/mol. The maximum Gasteiger partial charge on any atom is 0.294 e. The van der Waals surface area contributed by atoms with Gasteiger partial charge in [0.25, 0.3) is 16.0 Å². The molecule has 0 unspecified atom stereocenters. The highest BCUT2D eigenvalue weighted by molar-refractivity contribution is 7.85. The van der Waals surface area contributed by atoms with Gasteiger partial charge in [-0.25, -0.2) is 10.5 Å². The Kier molecular flexibility index (Phi) is 15.2. The fraction of sp³-hybridized carbons (Fsp3) is 0.353. The van der Waals surface area contributed by atoms with Gasteiger partial charge in [0.05, 0.1) is 16.7 Å². The lowest BCUT2D eigenvalue weighted by atomic mass is 9.82. The molecule has 46 heavy (non-hydrogen) atoms. The smallest absolute Gasteiger partial charge is 0.289 e. The standard InChI is InChI=1S/C27H36N4O4.C7H8O3S/c1-19(2)17-24(23(26(33)30-35)12-8-11-21-9-6-5-7-10-21)25(32)29-31(18-20(3)4)27(34)22-13-15-28-16-14-22;1-6-2-4-7(5-3-6)11(8,9)10/h5-11,13-16,19-20,23-24,35H,12,17-18H2,1-4H3,(H,29,32)(H,30,33);2-5H,1H3,(H,8,9,10)/b11-8+;/t23-,24+;/m0./s1. The van der Waals surface area contributed by atoms with Crippen molar-refractivity contribution < 1.29 is 32.6 Å². The molecule has 0 aliphatic carbocycles. The lowest BCUT2D eigenvalue weighted by Crippen LogP contribution is -2.52. The Bertz CT molecular complexity index is 1530. The Balaban J connectivity index is 0.000000562. The minimum absolute atomic E-state index is 0.0666. The molecular formula is C34H44N4O7S. The Morgan fingerprint density at radius 1 is 0.870 bits per heavy atom. The molecule has 0 bridgehead atoms. The predicted octanol–water partition coefficient (Wildman–Crippen LogP) is 5.34. The van der Waals surface area contributed by atoms with Crippen LogP contribution in [0.3, 0.4) is 0 Å². The molecule has 2 aromatic carbocycles. The molecule has 0 saturated carbocycles. The highest BCUT2D eigenvalue weighted by atomic mass is 32.2. The summed E-state index contributed by atoms with van der Waals surface area (Å²) in [6.45, 7) is 9.95. The van der Waals surface area contributed by atoms with Gasteiger partial charge in [0, 0.05) is 24.5 Å². The highest BCUT2D eigenvalue weighted by Gasteiger charge is 2.35. The highest BCUT2D eigenvalue weighted by Crippen LogP contribution is 2.26. The van der Waals surface area contributed by atoms with Crippen molar-refractivity contribution in [3.8, 4) is 0 Å². The molecule has 1 aromatic heterocycles. The number of benzene rings is 2. The van der Waals surface area contributed by atoms with Crippen molar-refractivity contribution in [2.75, 3.05) is 6.54 Å². The molecule has 248 valence electrons. The SMILES string of the molecule is CC(C)C[C@@H](C(=O)NN(CC(C)C)C(=O)c1ccncc1)[C@H](C/C=C/c1ccccc1)C(=O)NO.Cc1ccc(S(=O)(=O)O)cc1. The van der Waals surface area contributed by atoms with Crippen LogP contribution in [0.25, 0.3) is 6.08 Å². The first-order valence-corrected chi connectivity index (χ1v) is 16.4. The molecule has 0 fully saturated rings. The Labute approximate surface area is 271 Å². The summed E-state index contributed by atoms with van der Waals surface area (Å²) in [5.41, 5.74) is 6.79. The van der Waals surface area contributed by atoms with Gasteiger partial charge in [0.2, 0.25) is 11.8 Å². The lowest BCUT2D eigenvalue weighted by molar-refractivity contribution is -0.142. The van der Waals surface area contributed by atoms with Crippen LogP contribution in [0.4, 0.5) is 0 Å². The molecule has 0 spiro atoms. The number of carbonyl (C=O) groups is 3. The maximum absolute atomic E-state index is 13.5. The van der Waals surface area contributed by atoms with Crippen molar-refractivity contribution in [2.24, 2.45) is 23.7 Å². The third kappa shape index (κ3) is 12.9. The van der Waals surface area contributed by atoms with E-state index < -0.39 is 33.8 Å². The summed E-state index contributed by atoms with van der Waals surface area (Å²) in [6, 6.07) is 18.8. The van der Waals surface area contributed by atoms with E-state index in [4.69, 9.17) is 4.55 Å². The molecule has 3 amide bonds. The Morgan fingerprint density at radius 3 is 2.00 bits per heavy atom. The predicted molar refractivity (Wildman–Crippen MR) is 176 cm³/mol. The van der Waals surface area contributed by atoms with Crippen molar-refractivity contribution in [1.29, 1.82) is 0 Å². The molecule has 3 rings (SSSR count). The number of nitrogens with zero attached hydrogens (tertiary/aromatic N) is 2. The van der Waals surface area contributed by atoms with Gasteiger partial charge < -0.3 is 0 Å². The minimum Gasteiger partial charge on any atom is -0.289 e. The molecule has 0 saturated heterocycles. The number of carbonyl (C=O) groups excluding carboxylic acids is 3. The number of hydroxylamine groups is 1. The van der Waals surface area contributed by atoms with Crippen molar-refractivity contribution >= 4 is 33.9 Å². The molecule has 1 heterocycles. The van der Waals surface area contributed by atoms with Gasteiger partial charge in [0.1, 0.15) is 0 Å². The van der Waals surface area contributed by atoms with E-state index in [1.54, 1.807) is 29.7 Å². The summed E-state index contributed by atoms with van der Waals surface area (Å²) in [6.07, 6.45) is 7.39. The summed E-state index contributed by atoms with van der Waals surface area (Å²) in [4.78, 5) is 43.1. The van der Waals surface area contributed by atoms with Crippen LogP contribution in [-0.4, -0.2) is 52.4 Å². The first kappa shape index (κ1) is 37.8. The van der Waals surface area contributed by atoms with Crippen LogP contribution in [0.5, 0.6) is 0 Å². The van der Waals surface area contributed by atoms with Gasteiger partial charge in [-0.05, 0) is 61.4 Å². The molecule has 12 heteroatoms. The van der Waals surface area contributed by atoms with E-state index in [0.29, 0.717) is 18.5 Å². The van der Waals surface area contributed by atoms with Crippen molar-refractivity contribution in [3.05, 3.63) is 102 Å². The van der Waals surface area contributed by atoms with Crippen molar-refractivity contribution in [3.63, 3.8) is 0 Å². The van der Waals surface area contributed by atoms with E-state index >= 15 is 0 Å². The van der Waals surface area contributed by atoms with E-state index in [1.807, 2.05) is 77.1 Å². The number of hydrogen-bond donors (Lipinski definition) is 4. The first-order valence-electron chi connectivity index (χ1n) is 14.9. The second-order valence-electron chi connectivity index (χ2n) is 11.7. The molecule has 0 aliphatic rings. The fourth-order valence-electron chi connectivity index (χ4n) is 4.53. The number of rotatable bonds is 12. The second kappa shape index (κ2) is 18.5. The van der Waals surface area contributed by atoms with Gasteiger partial charge >= 0.3 is 0 Å². The van der Waals surface area contributed by atoms with Crippen molar-refractivity contribution in [1.82, 2.24) is 20.9 Å². The van der Waals surface area contributed by atoms with E-state index in [-0.39, 0.29) is 29.1 Å². The van der Waals surface area contributed by atoms with Crippen molar-refractivity contribution in [2.45, 2.75) is 52.4 Å². The van der Waals surface area contributed by atoms with Crippen LogP contribution in [0, 0.1) is 30.6 Å². The monoisotopic (exact) mass is 652 g/mol. The fourth-order valence-corrected chi connectivity index (χ4v) is 5.01. The number of pyridine rings is 1. The number of aromatic nitrogens is 1. The number of amides is 3. The van der Waals surface area contributed by atoms with Gasteiger partial charge in [-0.2, -0.15) is 8.42 Å². The lowest BCUT2D eigenvalue weighted by Gasteiger charge is -2.30. The van der Waals surface area contributed by atoms with E-state index in [0.717, 1.165) is 11.1 Å². The third-order valence-electron chi connectivity index (χ3n) is 6.78. The molecule has 4 N–H and O–H groups in total. The quantitative estimate of drug-likeness (QED) is 0.116. The average Bonchev–Trinajstić information content (AvgIpc) is 3.02. The first-order chi connectivity index (χ1) is 21.7. The van der Waals surface area contributed by atoms with Crippen LogP contribution in [0.15, 0.2) is 90.1 Å². The van der Waals surface area contributed by atoms with Gasteiger partial charge in [-0.1, -0.05) is 87.9 Å². The van der Waals surface area contributed by atoms with E-state index in [9.17, 15) is 28.0 Å². The average molecular weight is 653 g/mol. The largest absolute Gasteiger partial charge is 0.294 e. The number of aryl methyl sites for hydroxylation is 1. The normalized spacial score (nSPS) is 12.6. The van der Waals surface area contributed by atoms with Crippen LogP contribution in [0.2, 0.25) is 0 Å². The maximum atomic E-state index is 13.5. The zero-order valence-electron chi connectivity index (χ0n) is 26.8. The Morgan fingerprint density at radius 2 is 1.48 bits per heavy atom. The van der Waals surface area contributed by atoms with Crippen LogP contribution < -0.4 is 10.9 Å². The number of hydrazine groups is 1. The summed E-state index contributed by atoms with van der Waals surface area (Å²) in [5, 5.41) is 10.7. The number of allylic oxidation sites excluding steroid dienone is 1. The molecule has 3 aromatic rings. The summed E-state index contributed by atoms with van der Waals surface area (Å²) in [5.74, 6) is -2.82. The second-order valence-corrected chi connectivity index (χ2v) is 13.1. The molecule has 0 radical (unpaired) electrons. The van der Waals surface area contributed by atoms with Gasteiger partial charge in [-0.15, -0.1) is 0 Å². The molecule has 11 nitrogen and oxygen atoms in total. The van der Waals surface area contributed by atoms with E-state index in [2.05, 4.69) is 10.4 Å².